The zero-order chi connectivity index (χ0) is 23.2. The third kappa shape index (κ3) is 2.42. The maximum Gasteiger partial charge on any atom is 0.344 e. The molecule has 2 aromatic rings. The Kier molecular flexibility index (Phi) is 4.19. The van der Waals surface area contributed by atoms with Crippen LogP contribution < -0.4 is 9.80 Å². The molecule has 5 aliphatic rings. The summed E-state index contributed by atoms with van der Waals surface area (Å²) in [6.45, 7) is 1.69. The number of benzene rings is 2. The molecule has 1 spiro atoms. The first kappa shape index (κ1) is 20.6. The van der Waals surface area contributed by atoms with Gasteiger partial charge in [-0.1, -0.05) is 24.3 Å². The van der Waals surface area contributed by atoms with E-state index in [0.29, 0.717) is 36.5 Å². The van der Waals surface area contributed by atoms with Gasteiger partial charge in [0.2, 0.25) is 0 Å². The maximum absolute atomic E-state index is 14.5. The van der Waals surface area contributed by atoms with Crippen molar-refractivity contribution in [3.05, 3.63) is 64.4 Å². The van der Waals surface area contributed by atoms with Crippen LogP contribution in [0.3, 0.4) is 0 Å². The topological polar surface area (TPSA) is 94.3 Å². The second kappa shape index (κ2) is 6.90. The van der Waals surface area contributed by atoms with Crippen molar-refractivity contribution in [2.45, 2.75) is 61.6 Å². The number of amides is 1. The summed E-state index contributed by atoms with van der Waals surface area (Å²) < 4.78 is 6.23. The van der Waals surface area contributed by atoms with Gasteiger partial charge in [-0.3, -0.25) is 14.8 Å². The summed E-state index contributed by atoms with van der Waals surface area (Å²) in [5.41, 5.74) is 0.279. The van der Waals surface area contributed by atoms with E-state index in [9.17, 15) is 19.9 Å². The van der Waals surface area contributed by atoms with Gasteiger partial charge < -0.3 is 15.1 Å². The molecule has 7 rings (SSSR count). The SMILES string of the molecule is O=C1CCC2([N@H+]([O-])C(=O)c3ccccc3)[C@H]3Cc4ccc(O)c5c4[C@@]2(CCN3CC2CC2)[C@H]1O5. The van der Waals surface area contributed by atoms with E-state index in [4.69, 9.17) is 4.74 Å². The molecular formula is C27H28N2O5. The number of Topliss-reactive ketones (excluding diaryl/α,β-unsaturated/α-hetero) is 1. The fourth-order valence-corrected chi connectivity index (χ4v) is 7.70. The Morgan fingerprint density at radius 2 is 1.97 bits per heavy atom. The number of hydrogen-bond acceptors (Lipinski definition) is 6. The molecule has 3 fully saturated rings. The van der Waals surface area contributed by atoms with Gasteiger partial charge in [-0.15, -0.1) is 0 Å². The highest BCUT2D eigenvalue weighted by Crippen LogP contribution is 2.64. The molecule has 2 heterocycles. The predicted molar refractivity (Wildman–Crippen MR) is 123 cm³/mol. The number of ether oxygens (including phenoxy) is 1. The van der Waals surface area contributed by atoms with Crippen molar-refractivity contribution in [1.82, 2.24) is 4.90 Å². The number of phenolic OH excluding ortho intramolecular Hbond substituents is 1. The average Bonchev–Trinajstić information content (AvgIpc) is 3.60. The van der Waals surface area contributed by atoms with Gasteiger partial charge in [0, 0.05) is 24.9 Å². The van der Waals surface area contributed by atoms with Crippen LogP contribution in [0.5, 0.6) is 11.5 Å². The lowest BCUT2D eigenvalue weighted by Gasteiger charge is -2.66. The number of hydroxylamine groups is 2. The number of aromatic hydroxyl groups is 1. The predicted octanol–water partition coefficient (Wildman–Crippen LogP) is 1.76. The number of nitrogens with zero attached hydrogens (tertiary/aromatic N) is 1. The molecule has 3 aliphatic carbocycles. The van der Waals surface area contributed by atoms with Crippen LogP contribution in [0.2, 0.25) is 0 Å². The number of ketones is 1. The standard InChI is InChI=1S/C27H28N2O5/c30-19-9-8-18-14-21-27(29(33)25(32)17-4-2-1-3-5-17)11-10-20(31)24-26(27,22(18)23(19)34-24)12-13-28(21)15-16-6-7-16/h1-5,8-9,16,21,24,29-30H,6-7,10-15H2/t21-,24+,26+,27?/m1/s1. The van der Waals surface area contributed by atoms with Crippen molar-refractivity contribution in [3.8, 4) is 11.5 Å². The molecule has 7 heteroatoms. The minimum Gasteiger partial charge on any atom is -0.626 e. The van der Waals surface area contributed by atoms with Gasteiger partial charge in [0.05, 0.1) is 11.6 Å². The normalized spacial score (nSPS) is 34.3. The number of nitrogens with one attached hydrogen (secondary N) is 1. The minimum absolute atomic E-state index is 0.00456. The van der Waals surface area contributed by atoms with Gasteiger partial charge in [0.1, 0.15) is 11.0 Å². The molecule has 1 amide bonds. The Hall–Kier alpha value is -2.74. The van der Waals surface area contributed by atoms with E-state index in [0.717, 1.165) is 24.2 Å². The number of carbonyl (C=O) groups excluding carboxylic acids is 2. The van der Waals surface area contributed by atoms with E-state index >= 15 is 0 Å². The Morgan fingerprint density at radius 1 is 1.18 bits per heavy atom. The molecule has 2 N–H and O–H groups in total. The molecule has 2 saturated carbocycles. The van der Waals surface area contributed by atoms with Crippen molar-refractivity contribution in [2.24, 2.45) is 5.92 Å². The second-order valence-corrected chi connectivity index (χ2v) is 10.8. The number of phenols is 1. The zero-order valence-corrected chi connectivity index (χ0v) is 19.0. The second-order valence-electron chi connectivity index (χ2n) is 10.8. The maximum atomic E-state index is 14.5. The van der Waals surface area contributed by atoms with Crippen molar-refractivity contribution in [1.29, 1.82) is 0 Å². The van der Waals surface area contributed by atoms with E-state index in [1.165, 1.54) is 12.8 Å². The van der Waals surface area contributed by atoms with E-state index in [2.05, 4.69) is 4.90 Å². The van der Waals surface area contributed by atoms with Gasteiger partial charge in [-0.25, -0.2) is 4.79 Å². The van der Waals surface area contributed by atoms with Crippen LogP contribution in [0.15, 0.2) is 42.5 Å². The van der Waals surface area contributed by atoms with Crippen molar-refractivity contribution >= 4 is 11.7 Å². The average molecular weight is 461 g/mol. The summed E-state index contributed by atoms with van der Waals surface area (Å²) in [7, 11) is 0. The van der Waals surface area contributed by atoms with Gasteiger partial charge in [-0.2, -0.15) is 0 Å². The van der Waals surface area contributed by atoms with Crippen LogP contribution in [-0.4, -0.2) is 52.5 Å². The highest BCUT2D eigenvalue weighted by molar-refractivity contribution is 5.91. The van der Waals surface area contributed by atoms with Crippen molar-refractivity contribution in [2.75, 3.05) is 13.1 Å². The first-order valence-corrected chi connectivity index (χ1v) is 12.4. The molecule has 34 heavy (non-hydrogen) atoms. The zero-order valence-electron chi connectivity index (χ0n) is 19.0. The molecule has 2 aliphatic heterocycles. The molecule has 1 saturated heterocycles. The highest BCUT2D eigenvalue weighted by Gasteiger charge is 2.77. The fraction of sp³-hybridized carbons (Fsp3) is 0.481. The van der Waals surface area contributed by atoms with Gasteiger partial charge >= 0.3 is 5.91 Å². The fourth-order valence-electron chi connectivity index (χ4n) is 7.70. The summed E-state index contributed by atoms with van der Waals surface area (Å²) in [6.07, 6.45) is 3.33. The Labute approximate surface area is 197 Å². The number of hydrogen-bond donors (Lipinski definition) is 2. The molecule has 2 aromatic carbocycles. The Morgan fingerprint density at radius 3 is 2.74 bits per heavy atom. The minimum atomic E-state index is -1.04. The molecule has 0 aromatic heterocycles. The number of quaternary nitrogens is 1. The molecular weight excluding hydrogens is 432 g/mol. The molecule has 2 bridgehead atoms. The van der Waals surface area contributed by atoms with Crippen molar-refractivity contribution in [3.63, 3.8) is 0 Å². The molecule has 7 nitrogen and oxygen atoms in total. The monoisotopic (exact) mass is 460 g/mol. The smallest absolute Gasteiger partial charge is 0.344 e. The quantitative estimate of drug-likeness (QED) is 0.676. The summed E-state index contributed by atoms with van der Waals surface area (Å²) in [4.78, 5) is 29.4. The lowest BCUT2D eigenvalue weighted by molar-refractivity contribution is -0.839. The van der Waals surface area contributed by atoms with E-state index < -0.39 is 28.0 Å². The van der Waals surface area contributed by atoms with E-state index in [1.807, 2.05) is 12.1 Å². The van der Waals surface area contributed by atoms with Crippen LogP contribution >= 0.6 is 0 Å². The number of piperidine rings is 1. The molecule has 176 valence electrons. The largest absolute Gasteiger partial charge is 0.626 e. The molecule has 0 radical (unpaired) electrons. The Balaban J connectivity index is 1.46. The molecule has 1 unspecified atom stereocenters. The third-order valence-electron chi connectivity index (χ3n) is 9.26. The summed E-state index contributed by atoms with van der Waals surface area (Å²) in [6, 6.07) is 12.2. The first-order valence-electron chi connectivity index (χ1n) is 12.4. The first-order chi connectivity index (χ1) is 16.5. The number of carbonyl (C=O) groups is 2. The van der Waals surface area contributed by atoms with E-state index in [-0.39, 0.29) is 24.0 Å². The van der Waals surface area contributed by atoms with Crippen LogP contribution in [0.25, 0.3) is 0 Å². The molecule has 5 atom stereocenters. The van der Waals surface area contributed by atoms with Gasteiger partial charge in [-0.05, 0) is 61.9 Å². The van der Waals surface area contributed by atoms with Gasteiger partial charge in [0.15, 0.2) is 23.4 Å². The Bertz CT molecular complexity index is 1210. The van der Waals surface area contributed by atoms with Crippen LogP contribution in [-0.2, 0) is 16.6 Å². The van der Waals surface area contributed by atoms with Crippen LogP contribution in [0.4, 0.5) is 0 Å². The summed E-state index contributed by atoms with van der Waals surface area (Å²) in [5, 5.41) is 24.8. The lowest BCUT2D eigenvalue weighted by Crippen LogP contribution is -3.24. The number of likely N-dealkylation sites (tertiary alicyclic amines) is 1. The third-order valence-corrected chi connectivity index (χ3v) is 9.26. The number of rotatable bonds is 4. The lowest BCUT2D eigenvalue weighted by atomic mass is 9.47. The van der Waals surface area contributed by atoms with Crippen molar-refractivity contribution < 1.29 is 24.5 Å². The summed E-state index contributed by atoms with van der Waals surface area (Å²) >= 11 is 0. The summed E-state index contributed by atoms with van der Waals surface area (Å²) in [5.74, 6) is 0.474. The van der Waals surface area contributed by atoms with Gasteiger partial charge in [0.25, 0.3) is 0 Å². The highest BCUT2D eigenvalue weighted by atomic mass is 16.5. The van der Waals surface area contributed by atoms with Crippen LogP contribution in [0.1, 0.15) is 53.6 Å². The van der Waals surface area contributed by atoms with Crippen LogP contribution in [0, 0.1) is 11.1 Å². The van der Waals surface area contributed by atoms with E-state index in [1.54, 1.807) is 30.3 Å².